The van der Waals surface area contributed by atoms with E-state index in [-0.39, 0.29) is 11.9 Å². The minimum atomic E-state index is -0.371. The van der Waals surface area contributed by atoms with Gasteiger partial charge >= 0.3 is 5.97 Å². The van der Waals surface area contributed by atoms with E-state index in [9.17, 15) is 9.59 Å². The maximum absolute atomic E-state index is 12.1. The summed E-state index contributed by atoms with van der Waals surface area (Å²) in [7, 11) is 1.35. The average Bonchev–Trinajstić information content (AvgIpc) is 2.92. The van der Waals surface area contributed by atoms with Crippen LogP contribution in [0.1, 0.15) is 65.7 Å². The number of rotatable bonds is 11. The quantitative estimate of drug-likeness (QED) is 0.207. The van der Waals surface area contributed by atoms with Gasteiger partial charge in [-0.05, 0) is 73.9 Å². The zero-order valence-electron chi connectivity index (χ0n) is 21.0. The summed E-state index contributed by atoms with van der Waals surface area (Å²) in [6.45, 7) is 1.62. The van der Waals surface area contributed by atoms with E-state index in [2.05, 4.69) is 39.6 Å². The van der Waals surface area contributed by atoms with E-state index < -0.39 is 0 Å². The van der Waals surface area contributed by atoms with E-state index >= 15 is 0 Å². The Morgan fingerprint density at radius 3 is 2.50 bits per heavy atom. The van der Waals surface area contributed by atoms with Crippen LogP contribution in [0.5, 0.6) is 0 Å². The Morgan fingerprint density at radius 2 is 1.69 bits per heavy atom. The van der Waals surface area contributed by atoms with E-state index in [1.165, 1.54) is 48.4 Å². The predicted molar refractivity (Wildman–Crippen MR) is 145 cm³/mol. The van der Waals surface area contributed by atoms with Crippen LogP contribution in [-0.4, -0.2) is 37.1 Å². The van der Waals surface area contributed by atoms with Crippen LogP contribution in [-0.2, 0) is 22.4 Å². The summed E-state index contributed by atoms with van der Waals surface area (Å²) in [4.78, 5) is 28.5. The molecule has 1 amide bonds. The summed E-state index contributed by atoms with van der Waals surface area (Å²) < 4.78 is 4.69. The number of hydrogen-bond acceptors (Lipinski definition) is 5. The van der Waals surface area contributed by atoms with Crippen LogP contribution >= 0.6 is 0 Å². The lowest BCUT2D eigenvalue weighted by molar-refractivity contribution is -0.116. The first-order valence-electron chi connectivity index (χ1n) is 12.9. The Labute approximate surface area is 213 Å². The van der Waals surface area contributed by atoms with E-state index in [0.717, 1.165) is 56.1 Å². The molecule has 1 aliphatic rings. The van der Waals surface area contributed by atoms with Crippen LogP contribution in [0.3, 0.4) is 0 Å². The fourth-order valence-electron chi connectivity index (χ4n) is 4.68. The number of benzene rings is 2. The number of anilines is 1. The van der Waals surface area contributed by atoms with Gasteiger partial charge in [-0.25, -0.2) is 4.79 Å². The van der Waals surface area contributed by atoms with Crippen molar-refractivity contribution >= 4 is 34.5 Å². The fraction of sp³-hybridized carbons (Fsp3) is 0.367. The molecule has 0 aliphatic heterocycles. The summed E-state index contributed by atoms with van der Waals surface area (Å²) in [5, 5.41) is 7.90. The molecule has 0 spiro atoms. The van der Waals surface area contributed by atoms with Crippen LogP contribution in [0.4, 0.5) is 5.69 Å². The van der Waals surface area contributed by atoms with Crippen molar-refractivity contribution in [2.75, 3.05) is 25.5 Å². The lowest BCUT2D eigenvalue weighted by atomic mass is 9.92. The number of nitrogens with one attached hydrogen (secondary N) is 2. The Hall–Kier alpha value is -3.67. The SMILES string of the molecule is COC(=O)c1ccc(/C=C/C(=O)NCCCCCCNc2c3c(nc4ccccc24)CCCC3)cc1. The number of aryl methyl sites for hydroxylation is 1. The van der Waals surface area contributed by atoms with Crippen LogP contribution in [0.2, 0.25) is 0 Å². The van der Waals surface area contributed by atoms with Gasteiger partial charge in [0.05, 0.1) is 18.2 Å². The molecule has 0 unspecified atom stereocenters. The van der Waals surface area contributed by atoms with E-state index in [0.29, 0.717) is 12.1 Å². The number of carbonyl (C=O) groups excluding carboxylic acids is 2. The Morgan fingerprint density at radius 1 is 0.944 bits per heavy atom. The topological polar surface area (TPSA) is 80.3 Å². The minimum Gasteiger partial charge on any atom is -0.465 e. The Bertz CT molecular complexity index is 1220. The Kier molecular flexibility index (Phi) is 9.09. The molecule has 0 saturated heterocycles. The number of unbranched alkanes of at least 4 members (excludes halogenated alkanes) is 3. The van der Waals surface area contributed by atoms with Gasteiger partial charge in [-0.2, -0.15) is 0 Å². The molecule has 1 aromatic heterocycles. The lowest BCUT2D eigenvalue weighted by Gasteiger charge is -2.21. The van der Waals surface area contributed by atoms with Gasteiger partial charge in [-0.1, -0.05) is 43.2 Å². The summed E-state index contributed by atoms with van der Waals surface area (Å²) in [5.41, 5.74) is 6.40. The highest BCUT2D eigenvalue weighted by atomic mass is 16.5. The summed E-state index contributed by atoms with van der Waals surface area (Å²) in [6.07, 6.45) is 12.2. The average molecular weight is 486 g/mol. The smallest absolute Gasteiger partial charge is 0.337 e. The molecule has 0 atom stereocenters. The molecule has 0 bridgehead atoms. The monoisotopic (exact) mass is 485 g/mol. The first-order chi connectivity index (χ1) is 17.7. The molecule has 2 aromatic carbocycles. The van der Waals surface area contributed by atoms with E-state index in [1.54, 1.807) is 30.3 Å². The highest BCUT2D eigenvalue weighted by Gasteiger charge is 2.17. The van der Waals surface area contributed by atoms with Gasteiger partial charge in [0.25, 0.3) is 0 Å². The molecule has 36 heavy (non-hydrogen) atoms. The second-order valence-corrected chi connectivity index (χ2v) is 9.22. The van der Waals surface area contributed by atoms with Crippen molar-refractivity contribution in [1.82, 2.24) is 10.3 Å². The molecule has 2 N–H and O–H groups in total. The zero-order valence-corrected chi connectivity index (χ0v) is 21.0. The third-order valence-corrected chi connectivity index (χ3v) is 6.63. The number of para-hydroxylation sites is 1. The second-order valence-electron chi connectivity index (χ2n) is 9.22. The Balaban J connectivity index is 1.14. The number of fused-ring (bicyclic) bond motifs is 2. The molecular formula is C30H35N3O3. The van der Waals surface area contributed by atoms with Gasteiger partial charge in [0.1, 0.15) is 0 Å². The van der Waals surface area contributed by atoms with Gasteiger partial charge in [0, 0.05) is 35.9 Å². The summed E-state index contributed by atoms with van der Waals surface area (Å²) in [6, 6.07) is 15.4. The number of pyridine rings is 1. The van der Waals surface area contributed by atoms with Gasteiger partial charge < -0.3 is 15.4 Å². The number of esters is 1. The number of carbonyl (C=O) groups is 2. The van der Waals surface area contributed by atoms with Crippen molar-refractivity contribution in [3.05, 3.63) is 77.0 Å². The highest BCUT2D eigenvalue weighted by Crippen LogP contribution is 2.33. The molecule has 0 fully saturated rings. The molecule has 6 nitrogen and oxygen atoms in total. The summed E-state index contributed by atoms with van der Waals surface area (Å²) >= 11 is 0. The van der Waals surface area contributed by atoms with Crippen LogP contribution < -0.4 is 10.6 Å². The number of aromatic nitrogens is 1. The number of nitrogens with zero attached hydrogens (tertiary/aromatic N) is 1. The van der Waals surface area contributed by atoms with Crippen LogP contribution in [0, 0.1) is 0 Å². The number of methoxy groups -OCH3 is 1. The van der Waals surface area contributed by atoms with Crippen LogP contribution in [0.25, 0.3) is 17.0 Å². The molecular weight excluding hydrogens is 450 g/mol. The molecule has 188 valence electrons. The van der Waals surface area contributed by atoms with Gasteiger partial charge in [-0.15, -0.1) is 0 Å². The standard InChI is InChI=1S/C30H35N3O3/c1-36-30(35)23-17-14-22(15-18-23)16-19-28(34)31-20-8-2-3-9-21-32-29-24-10-4-6-12-26(24)33-27-13-7-5-11-25(27)29/h4,6,10,12,14-19H,2-3,5,7-9,11,13,20-21H2,1H3,(H,31,34)(H,32,33)/b19-16+. The normalized spacial score (nSPS) is 12.9. The van der Waals surface area contributed by atoms with Crippen molar-refractivity contribution in [2.24, 2.45) is 0 Å². The first-order valence-corrected chi connectivity index (χ1v) is 12.9. The third kappa shape index (κ3) is 6.72. The lowest BCUT2D eigenvalue weighted by Crippen LogP contribution is -2.22. The van der Waals surface area contributed by atoms with Crippen molar-refractivity contribution in [1.29, 1.82) is 0 Å². The number of amides is 1. The highest BCUT2D eigenvalue weighted by molar-refractivity contribution is 5.94. The van der Waals surface area contributed by atoms with Crippen molar-refractivity contribution in [2.45, 2.75) is 51.4 Å². The molecule has 3 aromatic rings. The summed E-state index contributed by atoms with van der Waals surface area (Å²) in [5.74, 6) is -0.480. The van der Waals surface area contributed by atoms with Crippen molar-refractivity contribution < 1.29 is 14.3 Å². The maximum atomic E-state index is 12.1. The molecule has 1 aliphatic carbocycles. The van der Waals surface area contributed by atoms with E-state index in [1.807, 2.05) is 0 Å². The third-order valence-electron chi connectivity index (χ3n) is 6.63. The van der Waals surface area contributed by atoms with Gasteiger partial charge in [-0.3, -0.25) is 9.78 Å². The van der Waals surface area contributed by atoms with Gasteiger partial charge in [0.15, 0.2) is 0 Å². The number of ether oxygens (including phenoxy) is 1. The number of hydrogen-bond donors (Lipinski definition) is 2. The largest absolute Gasteiger partial charge is 0.465 e. The molecule has 1 heterocycles. The molecule has 6 heteroatoms. The maximum Gasteiger partial charge on any atom is 0.337 e. The van der Waals surface area contributed by atoms with Crippen LogP contribution in [0.15, 0.2) is 54.6 Å². The van der Waals surface area contributed by atoms with Crippen molar-refractivity contribution in [3.8, 4) is 0 Å². The second kappa shape index (κ2) is 12.9. The van der Waals surface area contributed by atoms with Gasteiger partial charge in [0.2, 0.25) is 5.91 Å². The van der Waals surface area contributed by atoms with E-state index in [4.69, 9.17) is 4.98 Å². The minimum absolute atomic E-state index is 0.108. The first kappa shape index (κ1) is 25.4. The predicted octanol–water partition coefficient (Wildman–Crippen LogP) is 5.70. The zero-order chi connectivity index (χ0) is 25.2. The molecule has 4 rings (SSSR count). The molecule has 0 saturated carbocycles. The fourth-order valence-corrected chi connectivity index (χ4v) is 4.68. The van der Waals surface area contributed by atoms with Crippen molar-refractivity contribution in [3.63, 3.8) is 0 Å². The molecule has 0 radical (unpaired) electrons.